The lowest BCUT2D eigenvalue weighted by molar-refractivity contribution is -0.186. The first kappa shape index (κ1) is 17.5. The van der Waals surface area contributed by atoms with Crippen LogP contribution in [0, 0.1) is 0 Å². The molecule has 134 valence electrons. The molecule has 0 radical (unpaired) electrons. The minimum absolute atomic E-state index is 0.0396. The molecular weight excluding hydrogens is 373 g/mol. The van der Waals surface area contributed by atoms with Gasteiger partial charge < -0.3 is 9.47 Å². The summed E-state index contributed by atoms with van der Waals surface area (Å²) in [6.07, 6.45) is 3.07. The Balaban J connectivity index is 1.72. The standard InChI is InChI=1S/C19H17Cl2N3O2/c1-13-9-25-19(26-13,10-24-12-22-11-23-24)17-6-5-15(8-18(17)21)14-3-2-4-16(20)7-14/h2-8,11-13H,9-10H2,1H3/t13-,19-/m0/s1. The Morgan fingerprint density at radius 2 is 2.04 bits per heavy atom. The van der Waals surface area contributed by atoms with Crippen LogP contribution in [0.15, 0.2) is 55.1 Å². The summed E-state index contributed by atoms with van der Waals surface area (Å²) in [4.78, 5) is 3.99. The number of hydrogen-bond acceptors (Lipinski definition) is 4. The zero-order chi connectivity index (χ0) is 18.1. The fourth-order valence-electron chi connectivity index (χ4n) is 3.15. The van der Waals surface area contributed by atoms with Gasteiger partial charge in [-0.3, -0.25) is 0 Å². The van der Waals surface area contributed by atoms with Gasteiger partial charge >= 0.3 is 0 Å². The van der Waals surface area contributed by atoms with E-state index >= 15 is 0 Å². The molecule has 2 atom stereocenters. The number of aromatic nitrogens is 3. The van der Waals surface area contributed by atoms with Crippen molar-refractivity contribution in [2.45, 2.75) is 25.4 Å². The van der Waals surface area contributed by atoms with Gasteiger partial charge in [0.15, 0.2) is 0 Å². The molecule has 0 bridgehead atoms. The smallest absolute Gasteiger partial charge is 0.217 e. The third-order valence-electron chi connectivity index (χ3n) is 4.32. The lowest BCUT2D eigenvalue weighted by Crippen LogP contribution is -2.34. The highest BCUT2D eigenvalue weighted by Crippen LogP contribution is 2.40. The van der Waals surface area contributed by atoms with Gasteiger partial charge in [-0.1, -0.05) is 47.5 Å². The van der Waals surface area contributed by atoms with E-state index in [0.717, 1.165) is 16.7 Å². The molecule has 0 spiro atoms. The van der Waals surface area contributed by atoms with Crippen molar-refractivity contribution in [2.75, 3.05) is 6.61 Å². The van der Waals surface area contributed by atoms with Crippen molar-refractivity contribution >= 4 is 23.2 Å². The molecule has 0 aliphatic carbocycles. The molecule has 1 fully saturated rings. The van der Waals surface area contributed by atoms with Crippen LogP contribution in [0.5, 0.6) is 0 Å². The van der Waals surface area contributed by atoms with Gasteiger partial charge in [-0.05, 0) is 36.2 Å². The van der Waals surface area contributed by atoms with Crippen molar-refractivity contribution in [3.63, 3.8) is 0 Å². The van der Waals surface area contributed by atoms with Crippen molar-refractivity contribution in [3.05, 3.63) is 70.7 Å². The second-order valence-corrected chi connectivity index (χ2v) is 7.13. The highest BCUT2D eigenvalue weighted by atomic mass is 35.5. The average Bonchev–Trinajstić information content (AvgIpc) is 3.25. The Bertz CT molecular complexity index is 917. The maximum absolute atomic E-state index is 6.64. The van der Waals surface area contributed by atoms with Gasteiger partial charge in [0.1, 0.15) is 19.2 Å². The molecule has 5 nitrogen and oxygen atoms in total. The van der Waals surface area contributed by atoms with Gasteiger partial charge in [0.25, 0.3) is 0 Å². The Labute approximate surface area is 161 Å². The maximum atomic E-state index is 6.64. The predicted octanol–water partition coefficient (Wildman–Crippen LogP) is 4.54. The first-order valence-electron chi connectivity index (χ1n) is 8.26. The zero-order valence-electron chi connectivity index (χ0n) is 14.1. The monoisotopic (exact) mass is 389 g/mol. The molecule has 3 aromatic rings. The fraction of sp³-hybridized carbons (Fsp3) is 0.263. The number of ether oxygens (including phenoxy) is 2. The number of hydrogen-bond donors (Lipinski definition) is 0. The van der Waals surface area contributed by atoms with Crippen molar-refractivity contribution < 1.29 is 9.47 Å². The van der Waals surface area contributed by atoms with E-state index in [4.69, 9.17) is 32.7 Å². The van der Waals surface area contributed by atoms with E-state index in [2.05, 4.69) is 10.1 Å². The summed E-state index contributed by atoms with van der Waals surface area (Å²) in [5.74, 6) is -0.989. The van der Waals surface area contributed by atoms with Crippen LogP contribution in [0.3, 0.4) is 0 Å². The largest absolute Gasteiger partial charge is 0.342 e. The first-order chi connectivity index (χ1) is 12.6. The van der Waals surface area contributed by atoms with E-state index in [1.165, 1.54) is 6.33 Å². The molecule has 0 saturated carbocycles. The Hall–Kier alpha value is -1.92. The molecule has 4 rings (SSSR count). The van der Waals surface area contributed by atoms with Gasteiger partial charge in [-0.15, -0.1) is 0 Å². The molecule has 1 saturated heterocycles. The van der Waals surface area contributed by atoms with Crippen molar-refractivity contribution in [1.29, 1.82) is 0 Å². The lowest BCUT2D eigenvalue weighted by Gasteiger charge is -2.29. The molecule has 1 aromatic heterocycles. The summed E-state index contributed by atoms with van der Waals surface area (Å²) < 4.78 is 13.9. The maximum Gasteiger partial charge on any atom is 0.217 e. The van der Waals surface area contributed by atoms with E-state index in [-0.39, 0.29) is 6.10 Å². The van der Waals surface area contributed by atoms with Gasteiger partial charge in [0.2, 0.25) is 5.79 Å². The third-order valence-corrected chi connectivity index (χ3v) is 4.86. The topological polar surface area (TPSA) is 49.2 Å². The number of nitrogens with zero attached hydrogens (tertiary/aromatic N) is 3. The minimum Gasteiger partial charge on any atom is -0.342 e. The molecule has 2 aromatic carbocycles. The summed E-state index contributed by atoms with van der Waals surface area (Å²) in [6.45, 7) is 2.83. The molecule has 1 aliphatic heterocycles. The van der Waals surface area contributed by atoms with Gasteiger partial charge in [0, 0.05) is 15.6 Å². The highest BCUT2D eigenvalue weighted by molar-refractivity contribution is 6.32. The van der Waals surface area contributed by atoms with E-state index in [1.54, 1.807) is 11.0 Å². The Morgan fingerprint density at radius 3 is 2.69 bits per heavy atom. The second-order valence-electron chi connectivity index (χ2n) is 6.29. The quantitative estimate of drug-likeness (QED) is 0.656. The second kappa shape index (κ2) is 7.00. The van der Waals surface area contributed by atoms with Crippen LogP contribution >= 0.6 is 23.2 Å². The van der Waals surface area contributed by atoms with E-state index in [0.29, 0.717) is 23.2 Å². The lowest BCUT2D eigenvalue weighted by atomic mass is 9.99. The van der Waals surface area contributed by atoms with Crippen LogP contribution in [0.25, 0.3) is 11.1 Å². The van der Waals surface area contributed by atoms with Gasteiger partial charge in [0.05, 0.1) is 12.7 Å². The highest BCUT2D eigenvalue weighted by Gasteiger charge is 2.44. The Morgan fingerprint density at radius 1 is 1.19 bits per heavy atom. The number of rotatable bonds is 4. The number of halogens is 2. The number of benzene rings is 2. The molecule has 26 heavy (non-hydrogen) atoms. The summed E-state index contributed by atoms with van der Waals surface area (Å²) in [6, 6.07) is 13.5. The van der Waals surface area contributed by atoms with Crippen LogP contribution in [-0.2, 0) is 21.8 Å². The first-order valence-corrected chi connectivity index (χ1v) is 9.01. The van der Waals surface area contributed by atoms with Crippen LogP contribution < -0.4 is 0 Å². The normalized spacial score (nSPS) is 22.7. The summed E-state index contributed by atoms with van der Waals surface area (Å²) in [5, 5.41) is 5.42. The van der Waals surface area contributed by atoms with Crippen molar-refractivity contribution in [3.8, 4) is 11.1 Å². The fourth-order valence-corrected chi connectivity index (χ4v) is 3.67. The van der Waals surface area contributed by atoms with Gasteiger partial charge in [-0.25, -0.2) is 9.67 Å². The van der Waals surface area contributed by atoms with Crippen LogP contribution in [-0.4, -0.2) is 27.5 Å². The van der Waals surface area contributed by atoms with Crippen LogP contribution in [0.1, 0.15) is 12.5 Å². The predicted molar refractivity (Wildman–Crippen MR) is 100 cm³/mol. The summed E-state index contributed by atoms with van der Waals surface area (Å²) >= 11 is 12.7. The Kier molecular flexibility index (Phi) is 4.71. The molecule has 7 heteroatoms. The van der Waals surface area contributed by atoms with E-state index < -0.39 is 5.79 Å². The van der Waals surface area contributed by atoms with Crippen LogP contribution in [0.2, 0.25) is 10.0 Å². The van der Waals surface area contributed by atoms with Crippen molar-refractivity contribution in [2.24, 2.45) is 0 Å². The van der Waals surface area contributed by atoms with Crippen molar-refractivity contribution in [1.82, 2.24) is 14.8 Å². The van der Waals surface area contributed by atoms with Gasteiger partial charge in [-0.2, -0.15) is 5.10 Å². The zero-order valence-corrected chi connectivity index (χ0v) is 15.6. The molecule has 1 aliphatic rings. The summed E-state index contributed by atoms with van der Waals surface area (Å²) in [5.41, 5.74) is 2.74. The molecule has 0 unspecified atom stereocenters. The molecule has 2 heterocycles. The van der Waals surface area contributed by atoms with Crippen LogP contribution in [0.4, 0.5) is 0 Å². The molecular formula is C19H17Cl2N3O2. The molecule has 0 N–H and O–H groups in total. The average molecular weight is 390 g/mol. The SMILES string of the molecule is C[C@H]1CO[C@](Cn2cncn2)(c2ccc(-c3cccc(Cl)c3)cc2Cl)O1. The van der Waals surface area contributed by atoms with E-state index in [1.807, 2.05) is 49.4 Å². The molecule has 0 amide bonds. The minimum atomic E-state index is -0.989. The summed E-state index contributed by atoms with van der Waals surface area (Å²) in [7, 11) is 0. The van der Waals surface area contributed by atoms with E-state index in [9.17, 15) is 0 Å². The third kappa shape index (κ3) is 3.35.